The van der Waals surface area contributed by atoms with Gasteiger partial charge in [-0.1, -0.05) is 11.6 Å². The van der Waals surface area contributed by atoms with Crippen LogP contribution in [0.25, 0.3) is 0 Å². The van der Waals surface area contributed by atoms with Crippen molar-refractivity contribution >= 4 is 17.4 Å². The van der Waals surface area contributed by atoms with E-state index in [0.717, 1.165) is 31.3 Å². The SMILES string of the molecule is CC1COCCN1c1ccc(Cl)c(CNC(C)(C)C)n1. The van der Waals surface area contributed by atoms with E-state index in [2.05, 4.69) is 37.9 Å². The van der Waals surface area contributed by atoms with Crippen LogP contribution in [-0.4, -0.2) is 36.3 Å². The molecule has 1 aliphatic heterocycles. The number of nitrogens with zero attached hydrogens (tertiary/aromatic N) is 2. The maximum Gasteiger partial charge on any atom is 0.129 e. The van der Waals surface area contributed by atoms with E-state index in [0.29, 0.717) is 17.6 Å². The molecule has 1 fully saturated rings. The predicted octanol–water partition coefficient (Wildman–Crippen LogP) is 2.85. The summed E-state index contributed by atoms with van der Waals surface area (Å²) in [5, 5.41) is 4.14. The number of hydrogen-bond donors (Lipinski definition) is 1. The van der Waals surface area contributed by atoms with Crippen molar-refractivity contribution in [3.63, 3.8) is 0 Å². The van der Waals surface area contributed by atoms with Crippen LogP contribution in [0.5, 0.6) is 0 Å². The molecule has 2 rings (SSSR count). The quantitative estimate of drug-likeness (QED) is 0.931. The standard InChI is InChI=1S/C15H24ClN3O/c1-11-10-20-8-7-19(11)14-6-5-12(16)13(18-14)9-17-15(2,3)4/h5-6,11,17H,7-10H2,1-4H3. The van der Waals surface area contributed by atoms with Gasteiger partial charge in [-0.25, -0.2) is 4.98 Å². The van der Waals surface area contributed by atoms with Gasteiger partial charge in [0.15, 0.2) is 0 Å². The molecule has 5 heteroatoms. The number of morpholine rings is 1. The molecule has 1 atom stereocenters. The normalized spacial score (nSPS) is 20.2. The highest BCUT2D eigenvalue weighted by molar-refractivity contribution is 6.31. The summed E-state index contributed by atoms with van der Waals surface area (Å²) in [5.41, 5.74) is 0.950. The second-order valence-corrected chi connectivity index (χ2v) is 6.73. The fourth-order valence-corrected chi connectivity index (χ4v) is 2.35. The number of nitrogens with one attached hydrogen (secondary N) is 1. The van der Waals surface area contributed by atoms with Crippen LogP contribution in [0.15, 0.2) is 12.1 Å². The van der Waals surface area contributed by atoms with E-state index in [4.69, 9.17) is 21.3 Å². The van der Waals surface area contributed by atoms with Gasteiger partial charge in [0, 0.05) is 18.6 Å². The Hall–Kier alpha value is -0.840. The second kappa shape index (κ2) is 6.29. The maximum absolute atomic E-state index is 6.25. The third-order valence-electron chi connectivity index (χ3n) is 3.35. The molecule has 1 saturated heterocycles. The molecular formula is C15H24ClN3O. The van der Waals surface area contributed by atoms with Gasteiger partial charge in [0.05, 0.1) is 30.0 Å². The molecule has 112 valence electrons. The van der Waals surface area contributed by atoms with Gasteiger partial charge in [0.2, 0.25) is 0 Å². The molecule has 0 saturated carbocycles. The van der Waals surface area contributed by atoms with Gasteiger partial charge in [-0.2, -0.15) is 0 Å². The first-order chi connectivity index (χ1) is 9.37. The number of rotatable bonds is 3. The van der Waals surface area contributed by atoms with Gasteiger partial charge in [-0.3, -0.25) is 0 Å². The molecule has 2 heterocycles. The van der Waals surface area contributed by atoms with Crippen LogP contribution in [0.3, 0.4) is 0 Å². The van der Waals surface area contributed by atoms with Crippen LogP contribution in [0.1, 0.15) is 33.4 Å². The summed E-state index contributed by atoms with van der Waals surface area (Å²) >= 11 is 6.25. The molecule has 1 aromatic heterocycles. The Bertz CT molecular complexity index is 459. The van der Waals surface area contributed by atoms with E-state index in [-0.39, 0.29) is 5.54 Å². The van der Waals surface area contributed by atoms with Gasteiger partial charge >= 0.3 is 0 Å². The van der Waals surface area contributed by atoms with Crippen molar-refractivity contribution in [3.8, 4) is 0 Å². The number of pyridine rings is 1. The lowest BCUT2D eigenvalue weighted by Gasteiger charge is -2.34. The summed E-state index contributed by atoms with van der Waals surface area (Å²) in [6, 6.07) is 4.28. The Labute approximate surface area is 126 Å². The monoisotopic (exact) mass is 297 g/mol. The number of halogens is 1. The number of ether oxygens (including phenoxy) is 1. The highest BCUT2D eigenvalue weighted by Crippen LogP contribution is 2.22. The maximum atomic E-state index is 6.25. The van der Waals surface area contributed by atoms with Crippen molar-refractivity contribution in [2.24, 2.45) is 0 Å². The first-order valence-corrected chi connectivity index (χ1v) is 7.49. The Morgan fingerprint density at radius 1 is 1.45 bits per heavy atom. The Morgan fingerprint density at radius 3 is 2.85 bits per heavy atom. The van der Waals surface area contributed by atoms with Gasteiger partial charge in [0.1, 0.15) is 5.82 Å². The van der Waals surface area contributed by atoms with Gasteiger partial charge in [0.25, 0.3) is 0 Å². The van der Waals surface area contributed by atoms with E-state index in [1.54, 1.807) is 0 Å². The molecule has 0 amide bonds. The molecule has 20 heavy (non-hydrogen) atoms. The highest BCUT2D eigenvalue weighted by atomic mass is 35.5. The van der Waals surface area contributed by atoms with Gasteiger partial charge in [-0.05, 0) is 39.8 Å². The minimum Gasteiger partial charge on any atom is -0.377 e. The van der Waals surface area contributed by atoms with Crippen LogP contribution in [0, 0.1) is 0 Å². The molecular weight excluding hydrogens is 274 g/mol. The molecule has 0 bridgehead atoms. The molecule has 0 radical (unpaired) electrons. The smallest absolute Gasteiger partial charge is 0.129 e. The van der Waals surface area contributed by atoms with Crippen LogP contribution in [0.2, 0.25) is 5.02 Å². The first kappa shape index (κ1) is 15.5. The first-order valence-electron chi connectivity index (χ1n) is 7.11. The lowest BCUT2D eigenvalue weighted by Crippen LogP contribution is -2.44. The minimum absolute atomic E-state index is 0.0489. The fourth-order valence-electron chi connectivity index (χ4n) is 2.17. The minimum atomic E-state index is 0.0489. The number of anilines is 1. The Kier molecular flexibility index (Phi) is 4.89. The van der Waals surface area contributed by atoms with Crippen LogP contribution >= 0.6 is 11.6 Å². The van der Waals surface area contributed by atoms with E-state index >= 15 is 0 Å². The molecule has 0 aromatic carbocycles. The number of aromatic nitrogens is 1. The summed E-state index contributed by atoms with van der Waals surface area (Å²) < 4.78 is 5.47. The summed E-state index contributed by atoms with van der Waals surface area (Å²) in [6.45, 7) is 11.6. The lowest BCUT2D eigenvalue weighted by molar-refractivity contribution is 0.0985. The van der Waals surface area contributed by atoms with E-state index < -0.39 is 0 Å². The van der Waals surface area contributed by atoms with Crippen LogP contribution in [-0.2, 0) is 11.3 Å². The zero-order chi connectivity index (χ0) is 14.8. The van der Waals surface area contributed by atoms with Crippen molar-refractivity contribution in [1.82, 2.24) is 10.3 Å². The predicted molar refractivity (Wildman–Crippen MR) is 83.5 cm³/mol. The molecule has 0 spiro atoms. The zero-order valence-corrected chi connectivity index (χ0v) is 13.5. The number of hydrogen-bond acceptors (Lipinski definition) is 4. The summed E-state index contributed by atoms with van der Waals surface area (Å²) in [7, 11) is 0. The summed E-state index contributed by atoms with van der Waals surface area (Å²) in [4.78, 5) is 7.00. The van der Waals surface area contributed by atoms with Crippen molar-refractivity contribution in [2.75, 3.05) is 24.7 Å². The van der Waals surface area contributed by atoms with Crippen LogP contribution in [0.4, 0.5) is 5.82 Å². The summed E-state index contributed by atoms with van der Waals surface area (Å²) in [5.74, 6) is 0.982. The van der Waals surface area contributed by atoms with Gasteiger partial charge in [-0.15, -0.1) is 0 Å². The molecule has 1 N–H and O–H groups in total. The highest BCUT2D eigenvalue weighted by Gasteiger charge is 2.21. The molecule has 0 aliphatic carbocycles. The van der Waals surface area contributed by atoms with Crippen molar-refractivity contribution in [2.45, 2.75) is 45.8 Å². The fraction of sp³-hybridized carbons (Fsp3) is 0.667. The van der Waals surface area contributed by atoms with Gasteiger partial charge < -0.3 is 15.0 Å². The van der Waals surface area contributed by atoms with Crippen LogP contribution < -0.4 is 10.2 Å². The van der Waals surface area contributed by atoms with E-state index in [1.165, 1.54) is 0 Å². The molecule has 1 aliphatic rings. The zero-order valence-electron chi connectivity index (χ0n) is 12.7. The Balaban J connectivity index is 2.15. The summed E-state index contributed by atoms with van der Waals surface area (Å²) in [6.07, 6.45) is 0. The molecule has 4 nitrogen and oxygen atoms in total. The molecule has 1 unspecified atom stereocenters. The largest absolute Gasteiger partial charge is 0.377 e. The van der Waals surface area contributed by atoms with Crippen molar-refractivity contribution < 1.29 is 4.74 Å². The topological polar surface area (TPSA) is 37.4 Å². The molecule has 1 aromatic rings. The third-order valence-corrected chi connectivity index (χ3v) is 3.70. The average Bonchev–Trinajstić information content (AvgIpc) is 2.38. The van der Waals surface area contributed by atoms with Crippen molar-refractivity contribution in [1.29, 1.82) is 0 Å². The lowest BCUT2D eigenvalue weighted by atomic mass is 10.1. The average molecular weight is 298 g/mol. The van der Waals surface area contributed by atoms with E-state index in [1.807, 2.05) is 12.1 Å². The Morgan fingerprint density at radius 2 is 2.20 bits per heavy atom. The van der Waals surface area contributed by atoms with E-state index in [9.17, 15) is 0 Å². The second-order valence-electron chi connectivity index (χ2n) is 6.32. The van der Waals surface area contributed by atoms with Crippen molar-refractivity contribution in [3.05, 3.63) is 22.8 Å². The third kappa shape index (κ3) is 4.08.